The van der Waals surface area contributed by atoms with Crippen molar-refractivity contribution in [1.82, 2.24) is 4.98 Å². The summed E-state index contributed by atoms with van der Waals surface area (Å²) in [5.74, 6) is 2.11. The quantitative estimate of drug-likeness (QED) is 0.801. The van der Waals surface area contributed by atoms with Crippen molar-refractivity contribution in [1.29, 1.82) is 0 Å². The van der Waals surface area contributed by atoms with E-state index in [0.29, 0.717) is 6.61 Å². The Bertz CT molecular complexity index is 469. The van der Waals surface area contributed by atoms with Crippen LogP contribution in [0, 0.1) is 0 Å². The SMILES string of the molecule is CCOC(=O)C1CCc2sc(N3CCSCC3)nc21. The molecule has 0 aromatic carbocycles. The standard InChI is InChI=1S/C13H18N2O2S2/c1-2-17-12(16)9-3-4-10-11(9)14-13(19-10)15-5-7-18-8-6-15/h9H,2-8H2,1H3. The number of aryl methyl sites for hydroxylation is 1. The summed E-state index contributed by atoms with van der Waals surface area (Å²) in [7, 11) is 0. The Hall–Kier alpha value is -0.750. The van der Waals surface area contributed by atoms with Gasteiger partial charge in [-0.25, -0.2) is 4.98 Å². The lowest BCUT2D eigenvalue weighted by Gasteiger charge is -2.25. The molecule has 0 radical (unpaired) electrons. The van der Waals surface area contributed by atoms with Gasteiger partial charge in [0.25, 0.3) is 0 Å². The Morgan fingerprint density at radius 2 is 2.26 bits per heavy atom. The van der Waals surface area contributed by atoms with E-state index < -0.39 is 0 Å². The van der Waals surface area contributed by atoms with Crippen molar-refractivity contribution in [3.8, 4) is 0 Å². The van der Waals surface area contributed by atoms with Gasteiger partial charge in [0.2, 0.25) is 0 Å². The molecule has 19 heavy (non-hydrogen) atoms. The lowest BCUT2D eigenvalue weighted by atomic mass is 10.1. The summed E-state index contributed by atoms with van der Waals surface area (Å²) in [6.07, 6.45) is 1.84. The topological polar surface area (TPSA) is 42.4 Å². The predicted octanol–water partition coefficient (Wildman–Crippen LogP) is 2.29. The molecule has 1 fully saturated rings. The highest BCUT2D eigenvalue weighted by Gasteiger charge is 2.34. The van der Waals surface area contributed by atoms with Crippen molar-refractivity contribution < 1.29 is 9.53 Å². The molecule has 2 heterocycles. The van der Waals surface area contributed by atoms with Gasteiger partial charge in [-0.05, 0) is 19.8 Å². The van der Waals surface area contributed by atoms with Crippen molar-refractivity contribution >= 4 is 34.2 Å². The van der Waals surface area contributed by atoms with Gasteiger partial charge in [-0.15, -0.1) is 11.3 Å². The minimum absolute atomic E-state index is 0.104. The average Bonchev–Trinajstić information content (AvgIpc) is 2.99. The van der Waals surface area contributed by atoms with E-state index in [0.717, 1.165) is 36.8 Å². The van der Waals surface area contributed by atoms with E-state index in [1.54, 1.807) is 11.3 Å². The van der Waals surface area contributed by atoms with Gasteiger partial charge < -0.3 is 9.64 Å². The van der Waals surface area contributed by atoms with Gasteiger partial charge in [-0.2, -0.15) is 11.8 Å². The van der Waals surface area contributed by atoms with Crippen LogP contribution in [-0.4, -0.2) is 42.2 Å². The number of esters is 1. The third-order valence-electron chi connectivity index (χ3n) is 3.56. The molecule has 1 aromatic rings. The van der Waals surface area contributed by atoms with Crippen molar-refractivity contribution in [2.45, 2.75) is 25.7 Å². The summed E-state index contributed by atoms with van der Waals surface area (Å²) >= 11 is 3.76. The van der Waals surface area contributed by atoms with Gasteiger partial charge in [0.1, 0.15) is 5.92 Å². The maximum atomic E-state index is 11.9. The molecule has 1 saturated heterocycles. The van der Waals surface area contributed by atoms with Crippen LogP contribution in [0.2, 0.25) is 0 Å². The van der Waals surface area contributed by atoms with E-state index in [9.17, 15) is 4.79 Å². The third kappa shape index (κ3) is 2.60. The zero-order valence-electron chi connectivity index (χ0n) is 11.1. The van der Waals surface area contributed by atoms with Crippen LogP contribution in [0.5, 0.6) is 0 Å². The molecule has 1 aromatic heterocycles. The van der Waals surface area contributed by atoms with E-state index in [-0.39, 0.29) is 11.9 Å². The van der Waals surface area contributed by atoms with Gasteiger partial charge in [0, 0.05) is 29.5 Å². The number of aromatic nitrogens is 1. The number of fused-ring (bicyclic) bond motifs is 1. The summed E-state index contributed by atoms with van der Waals surface area (Å²) in [6.45, 7) is 4.44. The first-order valence-corrected chi connectivity index (χ1v) is 8.75. The van der Waals surface area contributed by atoms with Crippen LogP contribution in [0.4, 0.5) is 5.13 Å². The van der Waals surface area contributed by atoms with Crippen LogP contribution in [-0.2, 0) is 16.0 Å². The van der Waals surface area contributed by atoms with Gasteiger partial charge in [-0.3, -0.25) is 4.79 Å². The lowest BCUT2D eigenvalue weighted by Crippen LogP contribution is -2.32. The first kappa shape index (κ1) is 13.2. The largest absolute Gasteiger partial charge is 0.465 e. The first-order chi connectivity index (χ1) is 9.29. The molecule has 0 N–H and O–H groups in total. The Morgan fingerprint density at radius 1 is 1.47 bits per heavy atom. The van der Waals surface area contributed by atoms with E-state index in [1.807, 2.05) is 18.7 Å². The summed E-state index contributed by atoms with van der Waals surface area (Å²) in [4.78, 5) is 20.3. The molecule has 2 aliphatic rings. The molecule has 1 atom stereocenters. The Labute approximate surface area is 121 Å². The van der Waals surface area contributed by atoms with Gasteiger partial charge >= 0.3 is 5.97 Å². The number of hydrogen-bond acceptors (Lipinski definition) is 6. The minimum atomic E-state index is -0.126. The molecular weight excluding hydrogens is 280 g/mol. The van der Waals surface area contributed by atoms with Crippen molar-refractivity contribution in [2.75, 3.05) is 36.1 Å². The van der Waals surface area contributed by atoms with E-state index in [2.05, 4.69) is 4.90 Å². The second-order valence-corrected chi connectivity index (χ2v) is 7.03. The van der Waals surface area contributed by atoms with Gasteiger partial charge in [0.15, 0.2) is 5.13 Å². The molecule has 104 valence electrons. The van der Waals surface area contributed by atoms with Crippen LogP contribution in [0.3, 0.4) is 0 Å². The third-order valence-corrected chi connectivity index (χ3v) is 5.69. The van der Waals surface area contributed by atoms with Crippen LogP contribution >= 0.6 is 23.1 Å². The maximum absolute atomic E-state index is 11.9. The van der Waals surface area contributed by atoms with Crippen LogP contribution in [0.1, 0.15) is 29.8 Å². The summed E-state index contributed by atoms with van der Waals surface area (Å²) < 4.78 is 5.15. The first-order valence-electron chi connectivity index (χ1n) is 6.78. The number of anilines is 1. The molecule has 0 bridgehead atoms. The van der Waals surface area contributed by atoms with Gasteiger partial charge in [0.05, 0.1) is 12.3 Å². The molecule has 0 amide bonds. The van der Waals surface area contributed by atoms with Gasteiger partial charge in [-0.1, -0.05) is 0 Å². The molecule has 1 aliphatic heterocycles. The molecule has 1 aliphatic carbocycles. The predicted molar refractivity (Wildman–Crippen MR) is 79.3 cm³/mol. The number of nitrogens with zero attached hydrogens (tertiary/aromatic N) is 2. The van der Waals surface area contributed by atoms with Crippen molar-refractivity contribution in [3.63, 3.8) is 0 Å². The fourth-order valence-electron chi connectivity index (χ4n) is 2.58. The summed E-state index contributed by atoms with van der Waals surface area (Å²) in [5, 5.41) is 1.10. The van der Waals surface area contributed by atoms with E-state index in [1.165, 1.54) is 16.4 Å². The van der Waals surface area contributed by atoms with Crippen LogP contribution < -0.4 is 4.90 Å². The zero-order chi connectivity index (χ0) is 13.2. The second kappa shape index (κ2) is 5.71. The second-order valence-electron chi connectivity index (χ2n) is 4.75. The number of hydrogen-bond donors (Lipinski definition) is 0. The van der Waals surface area contributed by atoms with E-state index in [4.69, 9.17) is 9.72 Å². The molecule has 4 nitrogen and oxygen atoms in total. The number of carbonyl (C=O) groups is 1. The number of carbonyl (C=O) groups excluding carboxylic acids is 1. The molecule has 3 rings (SSSR count). The number of rotatable bonds is 3. The number of ether oxygens (including phenoxy) is 1. The molecule has 1 unspecified atom stereocenters. The smallest absolute Gasteiger partial charge is 0.315 e. The van der Waals surface area contributed by atoms with Crippen LogP contribution in [0.15, 0.2) is 0 Å². The fraction of sp³-hybridized carbons (Fsp3) is 0.692. The average molecular weight is 298 g/mol. The van der Waals surface area contributed by atoms with Crippen molar-refractivity contribution in [3.05, 3.63) is 10.6 Å². The molecular formula is C13H18N2O2S2. The minimum Gasteiger partial charge on any atom is -0.465 e. The summed E-state index contributed by atoms with van der Waals surface area (Å²) in [5.41, 5.74) is 0.983. The molecule has 0 spiro atoms. The van der Waals surface area contributed by atoms with E-state index >= 15 is 0 Å². The Morgan fingerprint density at radius 3 is 3.00 bits per heavy atom. The maximum Gasteiger partial charge on any atom is 0.315 e. The van der Waals surface area contributed by atoms with Crippen LogP contribution in [0.25, 0.3) is 0 Å². The Balaban J connectivity index is 1.78. The number of thioether (sulfide) groups is 1. The zero-order valence-corrected chi connectivity index (χ0v) is 12.7. The fourth-order valence-corrected chi connectivity index (χ4v) is 4.67. The number of thiazole rings is 1. The highest BCUT2D eigenvalue weighted by molar-refractivity contribution is 7.99. The Kier molecular flexibility index (Phi) is 3.98. The molecule has 0 saturated carbocycles. The highest BCUT2D eigenvalue weighted by Crippen LogP contribution is 2.40. The normalized spacial score (nSPS) is 22.4. The lowest BCUT2D eigenvalue weighted by molar-refractivity contribution is -0.145. The highest BCUT2D eigenvalue weighted by atomic mass is 32.2. The monoisotopic (exact) mass is 298 g/mol. The summed E-state index contributed by atoms with van der Waals surface area (Å²) in [6, 6.07) is 0. The van der Waals surface area contributed by atoms with Crippen molar-refractivity contribution in [2.24, 2.45) is 0 Å². The molecule has 6 heteroatoms.